The number of rotatable bonds is 8. The van der Waals surface area contributed by atoms with Crippen molar-refractivity contribution < 1.29 is 23.9 Å². The molecule has 33 heavy (non-hydrogen) atoms. The van der Waals surface area contributed by atoms with Gasteiger partial charge in [-0.1, -0.05) is 30.7 Å². The maximum absolute atomic E-state index is 12.9. The summed E-state index contributed by atoms with van der Waals surface area (Å²) in [6.45, 7) is 0.318. The van der Waals surface area contributed by atoms with Crippen LogP contribution >= 0.6 is 0 Å². The summed E-state index contributed by atoms with van der Waals surface area (Å²) in [5.41, 5.74) is 2.13. The normalized spacial score (nSPS) is 12.7. The Morgan fingerprint density at radius 1 is 0.848 bits per heavy atom. The van der Waals surface area contributed by atoms with E-state index in [1.165, 1.54) is 12.0 Å². The summed E-state index contributed by atoms with van der Waals surface area (Å²) in [6, 6.07) is 17.5. The Bertz CT molecular complexity index is 1180. The molecule has 168 valence electrons. The van der Waals surface area contributed by atoms with Gasteiger partial charge in [0.15, 0.2) is 0 Å². The number of amides is 3. The van der Waals surface area contributed by atoms with Crippen LogP contribution in [0.1, 0.15) is 56.8 Å². The lowest BCUT2D eigenvalue weighted by Gasteiger charge is -2.27. The minimum absolute atomic E-state index is 0.133. The van der Waals surface area contributed by atoms with Crippen molar-refractivity contribution in [3.63, 3.8) is 0 Å². The predicted molar refractivity (Wildman–Crippen MR) is 124 cm³/mol. The molecule has 3 aromatic rings. The Hall–Kier alpha value is -4.00. The zero-order valence-electron chi connectivity index (χ0n) is 18.3. The molecule has 0 bridgehead atoms. The molecule has 3 aromatic carbocycles. The highest BCUT2D eigenvalue weighted by atomic mass is 16.5. The first-order valence-corrected chi connectivity index (χ1v) is 10.9. The van der Waals surface area contributed by atoms with Gasteiger partial charge in [0.25, 0.3) is 11.8 Å². The molecule has 1 aliphatic heterocycles. The number of hydrogen-bond acceptors (Lipinski definition) is 5. The average molecular weight is 444 g/mol. The second kappa shape index (κ2) is 9.65. The molecule has 0 aromatic heterocycles. The first-order valence-electron chi connectivity index (χ1n) is 10.9. The molecule has 0 atom stereocenters. The fraction of sp³-hybridized carbons (Fsp3) is 0.231. The van der Waals surface area contributed by atoms with E-state index in [9.17, 15) is 19.2 Å². The number of benzene rings is 3. The molecular weight excluding hydrogens is 420 g/mol. The second-order valence-electron chi connectivity index (χ2n) is 7.90. The minimum atomic E-state index is -0.432. The highest BCUT2D eigenvalue weighted by Gasteiger charge is 2.31. The summed E-state index contributed by atoms with van der Waals surface area (Å²) < 4.78 is 4.65. The van der Waals surface area contributed by atoms with Crippen molar-refractivity contribution in [2.75, 3.05) is 19.0 Å². The Kier molecular flexibility index (Phi) is 6.49. The topological polar surface area (TPSA) is 92.8 Å². The van der Waals surface area contributed by atoms with Crippen LogP contribution < -0.4 is 5.32 Å². The lowest BCUT2D eigenvalue weighted by molar-refractivity contribution is -0.116. The first kappa shape index (κ1) is 22.2. The van der Waals surface area contributed by atoms with Gasteiger partial charge in [-0.2, -0.15) is 0 Å². The van der Waals surface area contributed by atoms with Crippen molar-refractivity contribution in [1.82, 2.24) is 4.90 Å². The Morgan fingerprint density at radius 3 is 2.09 bits per heavy atom. The van der Waals surface area contributed by atoms with Gasteiger partial charge in [0.1, 0.15) is 0 Å². The van der Waals surface area contributed by atoms with Crippen LogP contribution in [0.3, 0.4) is 0 Å². The van der Waals surface area contributed by atoms with Crippen LogP contribution in [0.2, 0.25) is 0 Å². The molecule has 7 nitrogen and oxygen atoms in total. The standard InChI is InChI=1S/C26H24N2O5/c1-33-26(32)18-12-14-19(15-13-18)27-22(29)11-3-2-4-16-28-24(30)20-9-5-7-17-8-6-10-21(23(17)20)25(28)31/h5-10,12-15H,2-4,11,16H2,1H3,(H,27,29). The van der Waals surface area contributed by atoms with Crippen molar-refractivity contribution in [3.8, 4) is 0 Å². The van der Waals surface area contributed by atoms with Gasteiger partial charge >= 0.3 is 5.97 Å². The molecule has 0 fully saturated rings. The number of hydrogen-bond donors (Lipinski definition) is 1. The number of esters is 1. The van der Waals surface area contributed by atoms with E-state index >= 15 is 0 Å². The summed E-state index contributed by atoms with van der Waals surface area (Å²) in [4.78, 5) is 50.7. The van der Waals surface area contributed by atoms with Crippen LogP contribution in [0, 0.1) is 0 Å². The zero-order valence-corrected chi connectivity index (χ0v) is 18.3. The fourth-order valence-electron chi connectivity index (χ4n) is 4.05. The number of nitrogens with zero attached hydrogens (tertiary/aromatic N) is 1. The summed E-state index contributed by atoms with van der Waals surface area (Å²) >= 11 is 0. The average Bonchev–Trinajstić information content (AvgIpc) is 2.84. The van der Waals surface area contributed by atoms with Gasteiger partial charge in [0.2, 0.25) is 5.91 Å². The summed E-state index contributed by atoms with van der Waals surface area (Å²) in [5, 5.41) is 4.40. The van der Waals surface area contributed by atoms with Gasteiger partial charge in [-0.3, -0.25) is 19.3 Å². The van der Waals surface area contributed by atoms with Crippen LogP contribution in [0.15, 0.2) is 60.7 Å². The quantitative estimate of drug-likeness (QED) is 0.315. The van der Waals surface area contributed by atoms with E-state index < -0.39 is 5.97 Å². The smallest absolute Gasteiger partial charge is 0.337 e. The van der Waals surface area contributed by atoms with Crippen molar-refractivity contribution in [2.45, 2.75) is 25.7 Å². The lowest BCUT2D eigenvalue weighted by atomic mass is 9.94. The predicted octanol–water partition coefficient (Wildman–Crippen LogP) is 4.42. The monoisotopic (exact) mass is 444 g/mol. The summed E-state index contributed by atoms with van der Waals surface area (Å²) in [6.07, 6.45) is 2.28. The first-order chi connectivity index (χ1) is 16.0. The molecule has 3 amide bonds. The number of methoxy groups -OCH3 is 1. The van der Waals surface area contributed by atoms with E-state index in [2.05, 4.69) is 10.1 Å². The number of carbonyl (C=O) groups excluding carboxylic acids is 4. The van der Waals surface area contributed by atoms with Crippen molar-refractivity contribution in [1.29, 1.82) is 0 Å². The van der Waals surface area contributed by atoms with Gasteiger partial charge in [-0.15, -0.1) is 0 Å². The van der Waals surface area contributed by atoms with E-state index in [0.29, 0.717) is 54.6 Å². The van der Waals surface area contributed by atoms with Crippen LogP contribution in [-0.2, 0) is 9.53 Å². The molecule has 0 saturated carbocycles. The zero-order chi connectivity index (χ0) is 23.4. The third-order valence-corrected chi connectivity index (χ3v) is 5.73. The molecular formula is C26H24N2O5. The number of carbonyl (C=O) groups is 4. The Morgan fingerprint density at radius 2 is 1.48 bits per heavy atom. The maximum atomic E-state index is 12.9. The molecule has 4 rings (SSSR count). The highest BCUT2D eigenvalue weighted by molar-refractivity contribution is 6.25. The van der Waals surface area contributed by atoms with Crippen LogP contribution in [-0.4, -0.2) is 42.2 Å². The summed E-state index contributed by atoms with van der Waals surface area (Å²) in [5.74, 6) is -1.10. The Balaban J connectivity index is 1.26. The summed E-state index contributed by atoms with van der Waals surface area (Å²) in [7, 11) is 1.31. The van der Waals surface area contributed by atoms with Gasteiger partial charge in [0, 0.05) is 35.2 Å². The molecule has 0 unspecified atom stereocenters. The largest absolute Gasteiger partial charge is 0.465 e. The Labute approximate surface area is 191 Å². The van der Waals surface area contributed by atoms with Crippen molar-refractivity contribution in [2.24, 2.45) is 0 Å². The fourth-order valence-corrected chi connectivity index (χ4v) is 4.05. The van der Waals surface area contributed by atoms with Gasteiger partial charge in [0.05, 0.1) is 12.7 Å². The van der Waals surface area contributed by atoms with Gasteiger partial charge in [-0.25, -0.2) is 4.79 Å². The number of nitrogens with one attached hydrogen (secondary N) is 1. The molecule has 0 spiro atoms. The van der Waals surface area contributed by atoms with E-state index in [-0.39, 0.29) is 17.7 Å². The molecule has 7 heteroatoms. The van der Waals surface area contributed by atoms with E-state index in [0.717, 1.165) is 10.8 Å². The third kappa shape index (κ3) is 4.62. The second-order valence-corrected chi connectivity index (χ2v) is 7.90. The van der Waals surface area contributed by atoms with E-state index in [1.807, 2.05) is 24.3 Å². The SMILES string of the molecule is COC(=O)c1ccc(NC(=O)CCCCCN2C(=O)c3cccc4cccc(c34)C2=O)cc1. The van der Waals surface area contributed by atoms with Crippen LogP contribution in [0.4, 0.5) is 5.69 Å². The lowest BCUT2D eigenvalue weighted by Crippen LogP contribution is -2.40. The van der Waals surface area contributed by atoms with Crippen LogP contribution in [0.5, 0.6) is 0 Å². The van der Waals surface area contributed by atoms with E-state index in [1.54, 1.807) is 36.4 Å². The number of anilines is 1. The number of unbranched alkanes of at least 4 members (excludes halogenated alkanes) is 2. The highest BCUT2D eigenvalue weighted by Crippen LogP contribution is 2.30. The molecule has 1 aliphatic rings. The molecule has 0 radical (unpaired) electrons. The van der Waals surface area contributed by atoms with Gasteiger partial charge in [-0.05, 0) is 54.6 Å². The van der Waals surface area contributed by atoms with Crippen molar-refractivity contribution in [3.05, 3.63) is 77.4 Å². The van der Waals surface area contributed by atoms with E-state index in [4.69, 9.17) is 0 Å². The van der Waals surface area contributed by atoms with Crippen molar-refractivity contribution >= 4 is 40.2 Å². The van der Waals surface area contributed by atoms with Crippen LogP contribution in [0.25, 0.3) is 10.8 Å². The number of ether oxygens (including phenoxy) is 1. The maximum Gasteiger partial charge on any atom is 0.337 e. The molecule has 1 N–H and O–H groups in total. The number of imide groups is 1. The minimum Gasteiger partial charge on any atom is -0.465 e. The molecule has 0 aliphatic carbocycles. The van der Waals surface area contributed by atoms with Gasteiger partial charge < -0.3 is 10.1 Å². The molecule has 1 heterocycles. The molecule has 0 saturated heterocycles. The third-order valence-electron chi connectivity index (χ3n) is 5.73.